The van der Waals surface area contributed by atoms with Crippen LogP contribution in [0.4, 0.5) is 23.7 Å². The summed E-state index contributed by atoms with van der Waals surface area (Å²) < 4.78 is 48.6. The predicted molar refractivity (Wildman–Crippen MR) is 105 cm³/mol. The molecule has 0 bridgehead atoms. The quantitative estimate of drug-likeness (QED) is 0.697. The first-order chi connectivity index (χ1) is 14.6. The summed E-state index contributed by atoms with van der Waals surface area (Å²) in [4.78, 5) is 24.8. The number of carboxylic acids is 1. The Morgan fingerprint density at radius 2 is 2.00 bits per heavy atom. The minimum Gasteiger partial charge on any atom is -0.481 e. The van der Waals surface area contributed by atoms with Gasteiger partial charge in [-0.1, -0.05) is 6.07 Å². The van der Waals surface area contributed by atoms with E-state index in [9.17, 15) is 27.9 Å². The monoisotopic (exact) mass is 435 g/mol. The maximum absolute atomic E-state index is 13.0. The molecular weight excluding hydrogens is 415 g/mol. The van der Waals surface area contributed by atoms with E-state index in [2.05, 4.69) is 4.74 Å². The van der Waals surface area contributed by atoms with Gasteiger partial charge in [-0.3, -0.25) is 9.69 Å². The van der Waals surface area contributed by atoms with Gasteiger partial charge < -0.3 is 14.6 Å². The molecule has 0 spiro atoms. The third-order valence-corrected chi connectivity index (χ3v) is 5.66. The number of amides is 1. The van der Waals surface area contributed by atoms with Gasteiger partial charge in [-0.25, -0.2) is 4.79 Å². The summed E-state index contributed by atoms with van der Waals surface area (Å²) in [6.45, 7) is 3.94. The lowest BCUT2D eigenvalue weighted by Gasteiger charge is -2.29. The standard InChI is InChI=1S/C22H20F3NO5/c1-3-26-18-9-14(11(2)6-13(18)10-30-21(26)29)16-7-12(15-8-17(15)20(27)28)4-5-19(16)31-22(23,24)25/h4-7,9,15,17H,3,8,10H2,1-2H3,(H,27,28)/t15?,17-/m1/s1. The second-order valence-electron chi connectivity index (χ2n) is 7.69. The van der Waals surface area contributed by atoms with Crippen molar-refractivity contribution in [2.75, 3.05) is 11.4 Å². The highest BCUT2D eigenvalue weighted by Gasteiger charge is 2.44. The Kier molecular flexibility index (Phi) is 5.07. The van der Waals surface area contributed by atoms with E-state index in [-0.39, 0.29) is 23.8 Å². The maximum atomic E-state index is 13.0. The minimum absolute atomic E-state index is 0.0834. The second kappa shape index (κ2) is 7.47. The first-order valence-electron chi connectivity index (χ1n) is 9.79. The Hall–Kier alpha value is -3.23. The molecule has 2 aromatic carbocycles. The van der Waals surface area contributed by atoms with Gasteiger partial charge in [-0.2, -0.15) is 0 Å². The summed E-state index contributed by atoms with van der Waals surface area (Å²) in [6.07, 6.45) is -4.97. The Labute approximate surface area is 176 Å². The van der Waals surface area contributed by atoms with Gasteiger partial charge in [0.15, 0.2) is 0 Å². The molecule has 4 rings (SSSR count). The van der Waals surface area contributed by atoms with Crippen molar-refractivity contribution in [1.82, 2.24) is 0 Å². The van der Waals surface area contributed by atoms with Crippen molar-refractivity contribution >= 4 is 17.7 Å². The topological polar surface area (TPSA) is 76.1 Å². The van der Waals surface area contributed by atoms with Crippen molar-refractivity contribution in [3.8, 4) is 16.9 Å². The molecule has 2 aliphatic rings. The largest absolute Gasteiger partial charge is 0.573 e. The molecule has 1 aliphatic heterocycles. The highest BCUT2D eigenvalue weighted by Crippen LogP contribution is 2.50. The fourth-order valence-electron chi connectivity index (χ4n) is 4.07. The molecule has 2 aromatic rings. The molecule has 1 fully saturated rings. The van der Waals surface area contributed by atoms with Crippen molar-refractivity contribution < 1.29 is 37.3 Å². The van der Waals surface area contributed by atoms with Crippen LogP contribution < -0.4 is 9.64 Å². The van der Waals surface area contributed by atoms with Crippen LogP contribution in [0.3, 0.4) is 0 Å². The molecule has 1 amide bonds. The number of carboxylic acid groups (broad SMARTS) is 1. The number of ether oxygens (including phenoxy) is 2. The summed E-state index contributed by atoms with van der Waals surface area (Å²) in [7, 11) is 0. The van der Waals surface area contributed by atoms with Crippen LogP contribution in [0.25, 0.3) is 11.1 Å². The van der Waals surface area contributed by atoms with E-state index in [1.165, 1.54) is 17.0 Å². The molecule has 1 N–H and O–H groups in total. The third kappa shape index (κ3) is 4.04. The summed E-state index contributed by atoms with van der Waals surface area (Å²) in [5, 5.41) is 9.21. The van der Waals surface area contributed by atoms with E-state index < -0.39 is 24.3 Å². The normalized spacial score (nSPS) is 20.2. The number of nitrogens with zero attached hydrogens (tertiary/aromatic N) is 1. The number of aryl methyl sites for hydroxylation is 1. The minimum atomic E-state index is -4.89. The van der Waals surface area contributed by atoms with Crippen LogP contribution in [-0.4, -0.2) is 30.1 Å². The first kappa shape index (κ1) is 21.0. The van der Waals surface area contributed by atoms with Gasteiger partial charge >= 0.3 is 18.4 Å². The smallest absolute Gasteiger partial charge is 0.481 e. The number of hydrogen-bond acceptors (Lipinski definition) is 4. The van der Waals surface area contributed by atoms with E-state index >= 15 is 0 Å². The second-order valence-corrected chi connectivity index (χ2v) is 7.69. The highest BCUT2D eigenvalue weighted by atomic mass is 19.4. The molecule has 1 heterocycles. The number of alkyl halides is 3. The molecule has 0 aromatic heterocycles. The first-order valence-corrected chi connectivity index (χ1v) is 9.79. The van der Waals surface area contributed by atoms with Gasteiger partial charge in [-0.15, -0.1) is 13.2 Å². The lowest BCUT2D eigenvalue weighted by atomic mass is 9.93. The zero-order valence-electron chi connectivity index (χ0n) is 16.8. The van der Waals surface area contributed by atoms with E-state index in [4.69, 9.17) is 4.74 Å². The van der Waals surface area contributed by atoms with Gasteiger partial charge in [-0.05, 0) is 67.1 Å². The molecule has 9 heteroatoms. The summed E-state index contributed by atoms with van der Waals surface area (Å²) in [5.74, 6) is -2.11. The summed E-state index contributed by atoms with van der Waals surface area (Å²) in [5.41, 5.74) is 3.31. The summed E-state index contributed by atoms with van der Waals surface area (Å²) >= 11 is 0. The lowest BCUT2D eigenvalue weighted by molar-refractivity contribution is -0.274. The number of rotatable bonds is 5. The van der Waals surface area contributed by atoms with Gasteiger partial charge in [0.05, 0.1) is 11.6 Å². The number of fused-ring (bicyclic) bond motifs is 1. The Bertz CT molecular complexity index is 1070. The van der Waals surface area contributed by atoms with Crippen molar-refractivity contribution in [2.24, 2.45) is 5.92 Å². The van der Waals surface area contributed by atoms with Gasteiger partial charge in [0, 0.05) is 17.7 Å². The van der Waals surface area contributed by atoms with Crippen molar-refractivity contribution in [3.63, 3.8) is 0 Å². The van der Waals surface area contributed by atoms with Crippen LogP contribution in [0.15, 0.2) is 30.3 Å². The van der Waals surface area contributed by atoms with Crippen LogP contribution in [0, 0.1) is 12.8 Å². The van der Waals surface area contributed by atoms with E-state index in [0.717, 1.165) is 5.56 Å². The fraction of sp³-hybridized carbons (Fsp3) is 0.364. The van der Waals surface area contributed by atoms with Crippen LogP contribution in [0.1, 0.15) is 36.0 Å². The average molecular weight is 435 g/mol. The van der Waals surface area contributed by atoms with Crippen LogP contribution in [0.2, 0.25) is 0 Å². The molecular formula is C22H20F3NO5. The number of anilines is 1. The molecule has 31 heavy (non-hydrogen) atoms. The molecule has 1 saturated carbocycles. The Balaban J connectivity index is 1.84. The highest BCUT2D eigenvalue weighted by molar-refractivity contribution is 5.92. The molecule has 2 atom stereocenters. The van der Waals surface area contributed by atoms with E-state index in [1.54, 1.807) is 32.0 Å². The molecule has 0 radical (unpaired) electrons. The van der Waals surface area contributed by atoms with E-state index in [1.807, 2.05) is 0 Å². The zero-order chi connectivity index (χ0) is 22.5. The number of aliphatic carboxylic acids is 1. The number of cyclic esters (lactones) is 1. The lowest BCUT2D eigenvalue weighted by Crippen LogP contribution is -2.35. The van der Waals surface area contributed by atoms with Crippen molar-refractivity contribution in [2.45, 2.75) is 39.2 Å². The average Bonchev–Trinajstić information content (AvgIpc) is 3.48. The van der Waals surface area contributed by atoms with Crippen molar-refractivity contribution in [3.05, 3.63) is 47.0 Å². The number of benzene rings is 2. The van der Waals surface area contributed by atoms with Crippen LogP contribution in [0.5, 0.6) is 5.75 Å². The molecule has 0 saturated heterocycles. The number of carbonyl (C=O) groups excluding carboxylic acids is 1. The summed E-state index contributed by atoms with van der Waals surface area (Å²) in [6, 6.07) is 7.70. The number of halogens is 3. The SMILES string of the molecule is CCN1C(=O)OCc2cc(C)c(-c3cc(C4C[C@H]4C(=O)O)ccc3OC(F)(F)F)cc21. The van der Waals surface area contributed by atoms with Crippen LogP contribution >= 0.6 is 0 Å². The van der Waals surface area contributed by atoms with E-state index in [0.29, 0.717) is 35.3 Å². The zero-order valence-corrected chi connectivity index (χ0v) is 16.8. The van der Waals surface area contributed by atoms with Crippen LogP contribution in [-0.2, 0) is 16.1 Å². The number of hydrogen-bond donors (Lipinski definition) is 1. The fourth-order valence-corrected chi connectivity index (χ4v) is 4.07. The Morgan fingerprint density at radius 3 is 2.61 bits per heavy atom. The van der Waals surface area contributed by atoms with Crippen molar-refractivity contribution in [1.29, 1.82) is 0 Å². The number of carbonyl (C=O) groups is 2. The van der Waals surface area contributed by atoms with Gasteiger partial charge in [0.2, 0.25) is 0 Å². The van der Waals surface area contributed by atoms with Gasteiger partial charge in [0.1, 0.15) is 12.4 Å². The maximum Gasteiger partial charge on any atom is 0.573 e. The predicted octanol–water partition coefficient (Wildman–Crippen LogP) is 5.23. The molecule has 6 nitrogen and oxygen atoms in total. The molecule has 1 aliphatic carbocycles. The third-order valence-electron chi connectivity index (χ3n) is 5.66. The Morgan fingerprint density at radius 1 is 1.26 bits per heavy atom. The van der Waals surface area contributed by atoms with Gasteiger partial charge in [0.25, 0.3) is 0 Å². The molecule has 1 unspecified atom stereocenters. The molecule has 164 valence electrons.